The van der Waals surface area contributed by atoms with Crippen molar-refractivity contribution in [2.45, 2.75) is 25.7 Å². The second-order valence-electron chi connectivity index (χ2n) is 2.49. The Morgan fingerprint density at radius 1 is 1.17 bits per heavy atom. The number of hydrogen-bond acceptors (Lipinski definition) is 3. The SMILES string of the molecule is O=C(O)CCCCCS(=O)(=O)O. The first-order valence-corrected chi connectivity index (χ1v) is 5.20. The normalized spacial score (nSPS) is 11.4. The molecule has 72 valence electrons. The molecule has 0 aromatic heterocycles. The maximum atomic E-state index is 10.2. The van der Waals surface area contributed by atoms with Crippen LogP contribution in [0.25, 0.3) is 0 Å². The predicted octanol–water partition coefficient (Wildman–Crippen LogP) is 0.519. The first kappa shape index (κ1) is 11.4. The molecule has 6 heteroatoms. The highest BCUT2D eigenvalue weighted by atomic mass is 32.2. The average Bonchev–Trinajstić information content (AvgIpc) is 1.83. The van der Waals surface area contributed by atoms with E-state index in [1.54, 1.807) is 0 Å². The molecule has 0 aromatic rings. The van der Waals surface area contributed by atoms with Crippen LogP contribution in [0.4, 0.5) is 0 Å². The molecule has 0 rings (SSSR count). The molecule has 12 heavy (non-hydrogen) atoms. The second kappa shape index (κ2) is 5.10. The summed E-state index contributed by atoms with van der Waals surface area (Å²) in [6, 6.07) is 0. The minimum atomic E-state index is -3.87. The van der Waals surface area contributed by atoms with Gasteiger partial charge in [0.2, 0.25) is 0 Å². The van der Waals surface area contributed by atoms with Crippen LogP contribution in [0.2, 0.25) is 0 Å². The molecule has 0 bridgehead atoms. The Kier molecular flexibility index (Phi) is 4.84. The Labute approximate surface area is 71.1 Å². The summed E-state index contributed by atoms with van der Waals surface area (Å²) in [6.07, 6.45) is 1.31. The van der Waals surface area contributed by atoms with Crippen LogP contribution in [0.5, 0.6) is 0 Å². The molecule has 0 saturated carbocycles. The topological polar surface area (TPSA) is 91.7 Å². The van der Waals surface area contributed by atoms with Gasteiger partial charge in [-0.3, -0.25) is 9.35 Å². The molecule has 0 heterocycles. The first-order valence-electron chi connectivity index (χ1n) is 3.59. The van der Waals surface area contributed by atoms with Gasteiger partial charge in [0.1, 0.15) is 0 Å². The van der Waals surface area contributed by atoms with Crippen molar-refractivity contribution in [3.05, 3.63) is 0 Å². The van der Waals surface area contributed by atoms with Gasteiger partial charge in [-0.05, 0) is 12.8 Å². The third kappa shape index (κ3) is 9.38. The van der Waals surface area contributed by atoms with Gasteiger partial charge in [-0.15, -0.1) is 0 Å². The molecule has 0 amide bonds. The highest BCUT2D eigenvalue weighted by Crippen LogP contribution is 2.01. The molecule has 0 aliphatic rings. The van der Waals surface area contributed by atoms with E-state index in [4.69, 9.17) is 9.66 Å². The fraction of sp³-hybridized carbons (Fsp3) is 0.833. The van der Waals surface area contributed by atoms with Crippen LogP contribution in [0.1, 0.15) is 25.7 Å². The number of rotatable bonds is 6. The number of carboxylic acids is 1. The molecule has 0 atom stereocenters. The lowest BCUT2D eigenvalue weighted by molar-refractivity contribution is -0.137. The van der Waals surface area contributed by atoms with Crippen molar-refractivity contribution in [1.29, 1.82) is 0 Å². The molecular weight excluding hydrogens is 184 g/mol. The van der Waals surface area contributed by atoms with Crippen molar-refractivity contribution in [2.24, 2.45) is 0 Å². The van der Waals surface area contributed by atoms with Crippen molar-refractivity contribution >= 4 is 16.1 Å². The Balaban J connectivity index is 3.29. The summed E-state index contributed by atoms with van der Waals surface area (Å²) in [7, 11) is -3.87. The maximum absolute atomic E-state index is 10.2. The lowest BCUT2D eigenvalue weighted by Gasteiger charge is -1.96. The highest BCUT2D eigenvalue weighted by Gasteiger charge is 2.03. The van der Waals surface area contributed by atoms with Gasteiger partial charge in [-0.25, -0.2) is 0 Å². The van der Waals surface area contributed by atoms with Crippen LogP contribution in [0.3, 0.4) is 0 Å². The van der Waals surface area contributed by atoms with E-state index in [0.29, 0.717) is 19.3 Å². The van der Waals surface area contributed by atoms with Gasteiger partial charge in [-0.2, -0.15) is 8.42 Å². The van der Waals surface area contributed by atoms with Crippen molar-refractivity contribution in [2.75, 3.05) is 5.75 Å². The lowest BCUT2D eigenvalue weighted by atomic mass is 10.2. The number of unbranched alkanes of at least 4 members (excludes halogenated alkanes) is 2. The molecule has 0 unspecified atom stereocenters. The Bertz CT molecular complexity index is 230. The van der Waals surface area contributed by atoms with Crippen molar-refractivity contribution < 1.29 is 22.9 Å². The van der Waals surface area contributed by atoms with E-state index in [-0.39, 0.29) is 12.2 Å². The molecular formula is C6H12O5S. The zero-order chi connectivity index (χ0) is 9.61. The van der Waals surface area contributed by atoms with Crippen LogP contribution in [-0.2, 0) is 14.9 Å². The average molecular weight is 196 g/mol. The van der Waals surface area contributed by atoms with Crippen molar-refractivity contribution in [1.82, 2.24) is 0 Å². The zero-order valence-corrected chi connectivity index (χ0v) is 7.38. The molecule has 0 fully saturated rings. The minimum Gasteiger partial charge on any atom is -0.481 e. The number of carboxylic acid groups (broad SMARTS) is 1. The summed E-state index contributed by atoms with van der Waals surface area (Å²) in [5.74, 6) is -1.17. The van der Waals surface area contributed by atoms with Gasteiger partial charge in [0.05, 0.1) is 5.75 Å². The van der Waals surface area contributed by atoms with Crippen LogP contribution < -0.4 is 0 Å². The Morgan fingerprint density at radius 2 is 1.75 bits per heavy atom. The van der Waals surface area contributed by atoms with Crippen molar-refractivity contribution in [3.63, 3.8) is 0 Å². The summed E-state index contributed by atoms with van der Waals surface area (Å²) in [4.78, 5) is 9.99. The minimum absolute atomic E-state index is 0.0471. The molecule has 5 nitrogen and oxygen atoms in total. The number of aliphatic carboxylic acids is 1. The summed E-state index contributed by atoms with van der Waals surface area (Å²) in [5.41, 5.74) is 0. The zero-order valence-electron chi connectivity index (χ0n) is 6.56. The number of carbonyl (C=O) groups is 1. The van der Waals surface area contributed by atoms with Crippen molar-refractivity contribution in [3.8, 4) is 0 Å². The van der Waals surface area contributed by atoms with Gasteiger partial charge in [0, 0.05) is 6.42 Å². The Hall–Kier alpha value is -0.620. The van der Waals surface area contributed by atoms with Gasteiger partial charge in [-0.1, -0.05) is 6.42 Å². The van der Waals surface area contributed by atoms with Crippen LogP contribution in [0.15, 0.2) is 0 Å². The third-order valence-electron chi connectivity index (χ3n) is 1.29. The molecule has 0 aliphatic carbocycles. The van der Waals surface area contributed by atoms with E-state index >= 15 is 0 Å². The quantitative estimate of drug-likeness (QED) is 0.477. The summed E-state index contributed by atoms with van der Waals surface area (Å²) in [6.45, 7) is 0. The van der Waals surface area contributed by atoms with E-state index in [1.165, 1.54) is 0 Å². The lowest BCUT2D eigenvalue weighted by Crippen LogP contribution is -2.03. The van der Waals surface area contributed by atoms with E-state index in [2.05, 4.69) is 0 Å². The molecule has 0 radical (unpaired) electrons. The van der Waals surface area contributed by atoms with E-state index in [1.807, 2.05) is 0 Å². The fourth-order valence-electron chi connectivity index (χ4n) is 0.737. The van der Waals surface area contributed by atoms with E-state index < -0.39 is 16.1 Å². The Morgan fingerprint density at radius 3 is 2.17 bits per heavy atom. The number of hydrogen-bond donors (Lipinski definition) is 2. The van der Waals surface area contributed by atoms with Gasteiger partial charge < -0.3 is 5.11 Å². The van der Waals surface area contributed by atoms with Gasteiger partial charge in [0.15, 0.2) is 0 Å². The van der Waals surface area contributed by atoms with Crippen LogP contribution in [-0.4, -0.2) is 29.8 Å². The molecule has 0 aliphatic heterocycles. The van der Waals surface area contributed by atoms with E-state index in [9.17, 15) is 13.2 Å². The smallest absolute Gasteiger partial charge is 0.303 e. The summed E-state index contributed by atoms with van der Waals surface area (Å²) < 4.78 is 28.6. The van der Waals surface area contributed by atoms with Crippen LogP contribution in [0, 0.1) is 0 Å². The highest BCUT2D eigenvalue weighted by molar-refractivity contribution is 7.85. The van der Waals surface area contributed by atoms with Crippen LogP contribution >= 0.6 is 0 Å². The van der Waals surface area contributed by atoms with E-state index in [0.717, 1.165) is 0 Å². The van der Waals surface area contributed by atoms with Gasteiger partial charge in [0.25, 0.3) is 10.1 Å². The standard InChI is InChI=1S/C6H12O5S/c7-6(8)4-2-1-3-5-12(9,10)11/h1-5H2,(H,7,8)(H,9,10,11). The molecule has 0 saturated heterocycles. The largest absolute Gasteiger partial charge is 0.481 e. The summed E-state index contributed by atoms with van der Waals surface area (Å²) >= 11 is 0. The monoisotopic (exact) mass is 196 g/mol. The molecule has 0 aromatic carbocycles. The predicted molar refractivity (Wildman–Crippen MR) is 42.5 cm³/mol. The third-order valence-corrected chi connectivity index (χ3v) is 2.10. The summed E-state index contributed by atoms with van der Waals surface area (Å²) in [5, 5.41) is 8.21. The fourth-order valence-corrected chi connectivity index (χ4v) is 1.31. The van der Waals surface area contributed by atoms with Gasteiger partial charge >= 0.3 is 5.97 Å². The maximum Gasteiger partial charge on any atom is 0.303 e. The molecule has 2 N–H and O–H groups in total. The first-order chi connectivity index (χ1) is 5.42. The second-order valence-corrected chi connectivity index (χ2v) is 4.06. The molecule has 0 spiro atoms.